The molecule has 3 heterocycles. The second kappa shape index (κ2) is 9.09. The Kier molecular flexibility index (Phi) is 5.96. The summed E-state index contributed by atoms with van der Waals surface area (Å²) in [6.45, 7) is 1.14. The van der Waals surface area contributed by atoms with Gasteiger partial charge in [-0.1, -0.05) is 24.3 Å². The van der Waals surface area contributed by atoms with E-state index >= 15 is 0 Å². The maximum atomic E-state index is 13.6. The van der Waals surface area contributed by atoms with Crippen LogP contribution in [0, 0.1) is 5.92 Å². The third kappa shape index (κ3) is 4.60. The van der Waals surface area contributed by atoms with Gasteiger partial charge in [-0.3, -0.25) is 9.89 Å². The zero-order valence-electron chi connectivity index (χ0n) is 19.0. The van der Waals surface area contributed by atoms with Gasteiger partial charge in [0.05, 0.1) is 23.8 Å². The molecule has 1 aliphatic rings. The van der Waals surface area contributed by atoms with Crippen molar-refractivity contribution in [3.63, 3.8) is 0 Å². The van der Waals surface area contributed by atoms with Crippen molar-refractivity contribution >= 4 is 16.9 Å². The molecule has 1 saturated heterocycles. The smallest absolute Gasteiger partial charge is 0.449 e. The zero-order chi connectivity index (χ0) is 24.6. The first-order valence-corrected chi connectivity index (χ1v) is 11.3. The van der Waals surface area contributed by atoms with Crippen molar-refractivity contribution in [3.8, 4) is 17.0 Å². The number of fused-ring (bicyclic) bond motifs is 1. The molecule has 0 aliphatic carbocycles. The summed E-state index contributed by atoms with van der Waals surface area (Å²) in [5.41, 5.74) is 2.64. The molecule has 4 aromatic rings. The Balaban J connectivity index is 1.26. The minimum Gasteiger partial charge on any atom is -0.497 e. The molecule has 0 unspecified atom stereocenters. The largest absolute Gasteiger partial charge is 0.497 e. The molecule has 5 rings (SSSR count). The van der Waals surface area contributed by atoms with Crippen LogP contribution in [0.25, 0.3) is 22.3 Å². The number of halogens is 3. The molecule has 1 aliphatic heterocycles. The van der Waals surface area contributed by atoms with Crippen LogP contribution < -0.4 is 4.74 Å². The van der Waals surface area contributed by atoms with Gasteiger partial charge in [0.2, 0.25) is 5.82 Å². The molecule has 0 spiro atoms. The highest BCUT2D eigenvalue weighted by Gasteiger charge is 2.38. The number of ether oxygens (including phenoxy) is 1. The van der Waals surface area contributed by atoms with Gasteiger partial charge in [-0.2, -0.15) is 18.3 Å². The lowest BCUT2D eigenvalue weighted by atomic mass is 9.96. The number of benzene rings is 2. The number of piperidine rings is 1. The van der Waals surface area contributed by atoms with Crippen LogP contribution in [0.15, 0.2) is 54.6 Å². The average molecular weight is 483 g/mol. The standard InChI is InChI=1S/C25H24F3N5O2/c1-35-18-6-4-5-17(13-18)20-14-21(31-30-20)23(34)32-11-9-16(10-12-32)15-33-22-8-3-2-7-19(22)29-24(33)25(26,27)28/h2-8,13-14,16H,9-12,15H2,1H3,(H,30,31). The van der Waals surface area contributed by atoms with Gasteiger partial charge in [0, 0.05) is 25.2 Å². The van der Waals surface area contributed by atoms with Crippen LogP contribution in [0.5, 0.6) is 5.75 Å². The number of carbonyl (C=O) groups excluding carboxylic acids is 1. The number of aromatic amines is 1. The van der Waals surface area contributed by atoms with Crippen LogP contribution in [0.2, 0.25) is 0 Å². The summed E-state index contributed by atoms with van der Waals surface area (Å²) in [4.78, 5) is 18.6. The normalized spacial score (nSPS) is 15.0. The molecule has 10 heteroatoms. The average Bonchev–Trinajstić information content (AvgIpc) is 3.50. The van der Waals surface area contributed by atoms with E-state index in [0.29, 0.717) is 54.1 Å². The number of methoxy groups -OCH3 is 1. The number of hydrogen-bond acceptors (Lipinski definition) is 4. The van der Waals surface area contributed by atoms with Crippen LogP contribution in [-0.2, 0) is 12.7 Å². The summed E-state index contributed by atoms with van der Waals surface area (Å²) in [5.74, 6) is -0.347. The second-order valence-electron chi connectivity index (χ2n) is 8.67. The van der Waals surface area contributed by atoms with E-state index in [2.05, 4.69) is 15.2 Å². The van der Waals surface area contributed by atoms with Crippen LogP contribution in [-0.4, -0.2) is 50.8 Å². The van der Waals surface area contributed by atoms with E-state index in [1.807, 2.05) is 24.3 Å². The Morgan fingerprint density at radius 1 is 1.11 bits per heavy atom. The summed E-state index contributed by atoms with van der Waals surface area (Å²) in [6, 6.07) is 15.8. The molecule has 1 amide bonds. The number of imidazole rings is 1. The number of carbonyl (C=O) groups is 1. The number of hydrogen-bond donors (Lipinski definition) is 1. The number of nitrogens with one attached hydrogen (secondary N) is 1. The van der Waals surface area contributed by atoms with Gasteiger partial charge in [-0.05, 0) is 49.1 Å². The van der Waals surface area contributed by atoms with Crippen molar-refractivity contribution in [2.75, 3.05) is 20.2 Å². The predicted molar refractivity (Wildman–Crippen MR) is 124 cm³/mol. The van der Waals surface area contributed by atoms with Crippen molar-refractivity contribution < 1.29 is 22.7 Å². The summed E-state index contributed by atoms with van der Waals surface area (Å²) >= 11 is 0. The molecule has 1 fully saturated rings. The fourth-order valence-corrected chi connectivity index (χ4v) is 4.59. The highest BCUT2D eigenvalue weighted by atomic mass is 19.4. The number of aromatic nitrogens is 4. The van der Waals surface area contributed by atoms with Crippen LogP contribution in [0.3, 0.4) is 0 Å². The van der Waals surface area contributed by atoms with E-state index in [1.165, 1.54) is 4.57 Å². The van der Waals surface area contributed by atoms with Gasteiger partial charge in [-0.25, -0.2) is 4.98 Å². The van der Waals surface area contributed by atoms with Gasteiger partial charge in [-0.15, -0.1) is 0 Å². The molecule has 182 valence electrons. The topological polar surface area (TPSA) is 76.0 Å². The summed E-state index contributed by atoms with van der Waals surface area (Å²) < 4.78 is 47.3. The maximum Gasteiger partial charge on any atom is 0.449 e. The molecule has 1 N–H and O–H groups in total. The minimum atomic E-state index is -4.53. The first-order chi connectivity index (χ1) is 16.8. The highest BCUT2D eigenvalue weighted by Crippen LogP contribution is 2.33. The fraction of sp³-hybridized carbons (Fsp3) is 0.320. The monoisotopic (exact) mass is 483 g/mol. The molecule has 0 radical (unpaired) electrons. The SMILES string of the molecule is COc1cccc(-c2cc(C(=O)N3CCC(Cn4c(C(F)(F)F)nc5ccccc54)CC3)[nH]n2)c1. The van der Waals surface area contributed by atoms with E-state index < -0.39 is 12.0 Å². The number of likely N-dealkylation sites (tertiary alicyclic amines) is 1. The lowest BCUT2D eigenvalue weighted by molar-refractivity contribution is -0.147. The van der Waals surface area contributed by atoms with Crippen LogP contribution in [0.4, 0.5) is 13.2 Å². The van der Waals surface area contributed by atoms with Gasteiger partial charge in [0.1, 0.15) is 11.4 Å². The van der Waals surface area contributed by atoms with E-state index in [0.717, 1.165) is 5.56 Å². The number of para-hydroxylation sites is 2. The summed E-state index contributed by atoms with van der Waals surface area (Å²) in [6.07, 6.45) is -3.32. The Hall–Kier alpha value is -3.82. The van der Waals surface area contributed by atoms with Crippen molar-refractivity contribution in [1.29, 1.82) is 0 Å². The van der Waals surface area contributed by atoms with Gasteiger partial charge in [0.15, 0.2) is 0 Å². The summed E-state index contributed by atoms with van der Waals surface area (Å²) in [5, 5.41) is 7.07. The molecule has 0 bridgehead atoms. The van der Waals surface area contributed by atoms with Gasteiger partial charge >= 0.3 is 6.18 Å². The molecular formula is C25H24F3N5O2. The number of alkyl halides is 3. The Morgan fingerprint density at radius 3 is 2.63 bits per heavy atom. The third-order valence-electron chi connectivity index (χ3n) is 6.42. The van der Waals surface area contributed by atoms with Gasteiger partial charge < -0.3 is 14.2 Å². The Labute approximate surface area is 199 Å². The zero-order valence-corrected chi connectivity index (χ0v) is 19.0. The Morgan fingerprint density at radius 2 is 1.89 bits per heavy atom. The van der Waals surface area contributed by atoms with Crippen molar-refractivity contribution in [2.24, 2.45) is 5.92 Å². The molecule has 7 nitrogen and oxygen atoms in total. The molecular weight excluding hydrogens is 459 g/mol. The quantitative estimate of drug-likeness (QED) is 0.433. The molecule has 0 saturated carbocycles. The van der Waals surface area contributed by atoms with E-state index in [1.54, 1.807) is 42.3 Å². The fourth-order valence-electron chi connectivity index (χ4n) is 4.59. The number of amides is 1. The van der Waals surface area contributed by atoms with Crippen molar-refractivity contribution in [1.82, 2.24) is 24.6 Å². The number of nitrogens with zero attached hydrogens (tertiary/aromatic N) is 4. The van der Waals surface area contributed by atoms with Crippen LogP contribution >= 0.6 is 0 Å². The third-order valence-corrected chi connectivity index (χ3v) is 6.42. The minimum absolute atomic E-state index is 0.00636. The molecule has 2 aromatic heterocycles. The second-order valence-corrected chi connectivity index (χ2v) is 8.67. The highest BCUT2D eigenvalue weighted by molar-refractivity contribution is 5.93. The molecule has 0 atom stereocenters. The van der Waals surface area contributed by atoms with E-state index in [-0.39, 0.29) is 18.4 Å². The lowest BCUT2D eigenvalue weighted by Crippen LogP contribution is -2.39. The van der Waals surface area contributed by atoms with E-state index in [4.69, 9.17) is 4.74 Å². The first-order valence-electron chi connectivity index (χ1n) is 11.3. The van der Waals surface area contributed by atoms with E-state index in [9.17, 15) is 18.0 Å². The number of rotatable bonds is 5. The molecule has 2 aromatic carbocycles. The Bertz CT molecular complexity index is 1350. The molecule has 35 heavy (non-hydrogen) atoms. The predicted octanol–water partition coefficient (Wildman–Crippen LogP) is 5.01. The summed E-state index contributed by atoms with van der Waals surface area (Å²) in [7, 11) is 1.58. The lowest BCUT2D eigenvalue weighted by Gasteiger charge is -2.32. The maximum absolute atomic E-state index is 13.6. The van der Waals surface area contributed by atoms with Crippen molar-refractivity contribution in [3.05, 3.63) is 66.1 Å². The van der Waals surface area contributed by atoms with Gasteiger partial charge in [0.25, 0.3) is 5.91 Å². The first kappa shape index (κ1) is 22.9. The van der Waals surface area contributed by atoms with Crippen molar-refractivity contribution in [2.45, 2.75) is 25.6 Å². The van der Waals surface area contributed by atoms with Crippen LogP contribution in [0.1, 0.15) is 29.2 Å². The number of H-pyrrole nitrogens is 1.